The molecule has 0 spiro atoms. The highest BCUT2D eigenvalue weighted by molar-refractivity contribution is 9.10. The van der Waals surface area contributed by atoms with E-state index in [0.29, 0.717) is 59.1 Å². The van der Waals surface area contributed by atoms with Crippen LogP contribution in [0.1, 0.15) is 35.8 Å². The number of piperidine rings is 1. The van der Waals surface area contributed by atoms with Gasteiger partial charge in [-0.2, -0.15) is 0 Å². The number of fused-ring (bicyclic) bond motifs is 2. The van der Waals surface area contributed by atoms with Crippen molar-refractivity contribution in [2.24, 2.45) is 5.92 Å². The van der Waals surface area contributed by atoms with Crippen LogP contribution in [-0.4, -0.2) is 77.5 Å². The molecule has 0 radical (unpaired) electrons. The molecule has 2 N–H and O–H groups in total. The molecule has 0 saturated carbocycles. The monoisotopic (exact) mass is 667 g/mol. The Morgan fingerprint density at radius 3 is 2.72 bits per heavy atom. The number of thioether (sulfide) groups is 1. The SMILES string of the molecule is CCOC(=O)/C=C/c1ccc(NC(=O)C2CCN(CC(=O)c3nc4c(cc3Br)SCC(=O)N4)CC2)c2nc(OC)ccc12. The third-order valence-electron chi connectivity index (χ3n) is 7.17. The van der Waals surface area contributed by atoms with E-state index in [0.717, 1.165) is 15.8 Å². The van der Waals surface area contributed by atoms with Gasteiger partial charge in [0.15, 0.2) is 5.78 Å². The first-order valence-electron chi connectivity index (χ1n) is 13.8. The number of carbonyl (C=O) groups is 4. The number of hydrogen-bond donors (Lipinski definition) is 2. The lowest BCUT2D eigenvalue weighted by atomic mass is 9.95. The molecule has 1 saturated heterocycles. The zero-order chi connectivity index (χ0) is 30.5. The summed E-state index contributed by atoms with van der Waals surface area (Å²) in [6.07, 6.45) is 4.18. The molecule has 0 unspecified atom stereocenters. The lowest BCUT2D eigenvalue weighted by Gasteiger charge is -2.30. The van der Waals surface area contributed by atoms with Crippen molar-refractivity contribution >= 4 is 79.7 Å². The third-order valence-corrected chi connectivity index (χ3v) is 8.80. The van der Waals surface area contributed by atoms with Gasteiger partial charge >= 0.3 is 5.97 Å². The minimum absolute atomic E-state index is 0.126. The summed E-state index contributed by atoms with van der Waals surface area (Å²) in [6, 6.07) is 8.94. The summed E-state index contributed by atoms with van der Waals surface area (Å²) in [6.45, 7) is 3.33. The van der Waals surface area contributed by atoms with Gasteiger partial charge in [0, 0.05) is 27.9 Å². The molecule has 4 heterocycles. The number of halogens is 1. The van der Waals surface area contributed by atoms with Crippen LogP contribution in [0.5, 0.6) is 5.88 Å². The van der Waals surface area contributed by atoms with Crippen LogP contribution in [0, 0.1) is 5.92 Å². The Kier molecular flexibility index (Phi) is 9.73. The van der Waals surface area contributed by atoms with Gasteiger partial charge in [0.05, 0.1) is 42.1 Å². The maximum atomic E-state index is 13.3. The van der Waals surface area contributed by atoms with Gasteiger partial charge in [0.1, 0.15) is 11.5 Å². The lowest BCUT2D eigenvalue weighted by Crippen LogP contribution is -2.40. The van der Waals surface area contributed by atoms with Crippen LogP contribution in [0.4, 0.5) is 11.5 Å². The van der Waals surface area contributed by atoms with Gasteiger partial charge in [-0.25, -0.2) is 14.8 Å². The number of rotatable bonds is 9. The molecular formula is C30H30BrN5O6S. The molecule has 43 heavy (non-hydrogen) atoms. The second kappa shape index (κ2) is 13.7. The van der Waals surface area contributed by atoms with E-state index in [1.807, 2.05) is 23.1 Å². The Bertz CT molecular complexity index is 1620. The van der Waals surface area contributed by atoms with E-state index in [4.69, 9.17) is 9.47 Å². The Labute approximate surface area is 260 Å². The minimum atomic E-state index is -0.443. The highest BCUT2D eigenvalue weighted by Crippen LogP contribution is 2.34. The van der Waals surface area contributed by atoms with E-state index < -0.39 is 5.97 Å². The van der Waals surface area contributed by atoms with E-state index in [1.54, 1.807) is 25.1 Å². The number of likely N-dealkylation sites (tertiary alicyclic amines) is 1. The van der Waals surface area contributed by atoms with Crippen molar-refractivity contribution in [3.8, 4) is 5.88 Å². The summed E-state index contributed by atoms with van der Waals surface area (Å²) >= 11 is 4.83. The van der Waals surface area contributed by atoms with Crippen LogP contribution in [0.15, 0.2) is 45.8 Å². The van der Waals surface area contributed by atoms with Crippen LogP contribution < -0.4 is 15.4 Å². The molecule has 0 bridgehead atoms. The van der Waals surface area contributed by atoms with E-state index in [1.165, 1.54) is 24.9 Å². The first-order chi connectivity index (χ1) is 20.7. The van der Waals surface area contributed by atoms with E-state index in [2.05, 4.69) is 36.5 Å². The number of Topliss-reactive ketones (excluding diaryl/α,β-unsaturated/α-hetero) is 1. The topological polar surface area (TPSA) is 140 Å². The van der Waals surface area contributed by atoms with Crippen molar-refractivity contribution in [2.75, 3.05) is 49.7 Å². The van der Waals surface area contributed by atoms with Gasteiger partial charge in [-0.15, -0.1) is 11.8 Å². The Hall–Kier alpha value is -3.81. The summed E-state index contributed by atoms with van der Waals surface area (Å²) in [5.74, 6) is 0.00999. The summed E-state index contributed by atoms with van der Waals surface area (Å²) < 4.78 is 10.9. The number of esters is 1. The van der Waals surface area contributed by atoms with Crippen molar-refractivity contribution in [2.45, 2.75) is 24.7 Å². The summed E-state index contributed by atoms with van der Waals surface area (Å²) in [4.78, 5) is 61.8. The Balaban J connectivity index is 1.23. The number of ether oxygens (including phenoxy) is 2. The molecule has 1 fully saturated rings. The number of carbonyl (C=O) groups excluding carboxylic acids is 4. The van der Waals surface area contributed by atoms with Gasteiger partial charge in [-0.1, -0.05) is 6.07 Å². The molecule has 0 atom stereocenters. The molecule has 1 aromatic carbocycles. The maximum absolute atomic E-state index is 13.3. The van der Waals surface area contributed by atoms with E-state index >= 15 is 0 Å². The predicted octanol–water partition coefficient (Wildman–Crippen LogP) is 4.55. The molecule has 3 aromatic rings. The van der Waals surface area contributed by atoms with Crippen molar-refractivity contribution < 1.29 is 28.7 Å². The molecule has 0 aliphatic carbocycles. The highest BCUT2D eigenvalue weighted by Gasteiger charge is 2.28. The number of ketones is 1. The summed E-state index contributed by atoms with van der Waals surface area (Å²) in [5, 5.41) is 6.50. The average molecular weight is 669 g/mol. The predicted molar refractivity (Wildman–Crippen MR) is 167 cm³/mol. The molecule has 2 aliphatic rings. The number of pyridine rings is 2. The number of aromatic nitrogens is 2. The number of nitrogens with one attached hydrogen (secondary N) is 2. The Morgan fingerprint density at radius 2 is 1.98 bits per heavy atom. The lowest BCUT2D eigenvalue weighted by molar-refractivity contribution is -0.137. The maximum Gasteiger partial charge on any atom is 0.330 e. The van der Waals surface area contributed by atoms with Crippen molar-refractivity contribution in [1.82, 2.24) is 14.9 Å². The molecule has 2 aliphatic heterocycles. The second-order valence-corrected chi connectivity index (χ2v) is 11.9. The van der Waals surface area contributed by atoms with E-state index in [-0.39, 0.29) is 42.4 Å². The van der Waals surface area contributed by atoms with Crippen molar-refractivity contribution in [3.63, 3.8) is 0 Å². The fraction of sp³-hybridized carbons (Fsp3) is 0.333. The van der Waals surface area contributed by atoms with E-state index in [9.17, 15) is 19.2 Å². The highest BCUT2D eigenvalue weighted by atomic mass is 79.9. The zero-order valence-electron chi connectivity index (χ0n) is 23.6. The van der Waals surface area contributed by atoms with Gasteiger partial charge in [0.25, 0.3) is 0 Å². The molecule has 2 amide bonds. The van der Waals surface area contributed by atoms with Crippen LogP contribution in [0.3, 0.4) is 0 Å². The van der Waals surface area contributed by atoms with Crippen LogP contribution in [-0.2, 0) is 19.1 Å². The fourth-order valence-corrected chi connectivity index (χ4v) is 6.46. The fourth-order valence-electron chi connectivity index (χ4n) is 4.97. The molecule has 5 rings (SSSR count). The first-order valence-corrected chi connectivity index (χ1v) is 15.6. The number of nitrogens with zero attached hydrogens (tertiary/aromatic N) is 3. The number of amides is 2. The molecular weight excluding hydrogens is 638 g/mol. The van der Waals surface area contributed by atoms with Crippen molar-refractivity contribution in [1.29, 1.82) is 0 Å². The van der Waals surface area contributed by atoms with Gasteiger partial charge in [-0.05, 0) is 78.6 Å². The molecule has 11 nitrogen and oxygen atoms in total. The van der Waals surface area contributed by atoms with Crippen molar-refractivity contribution in [3.05, 3.63) is 52.1 Å². The van der Waals surface area contributed by atoms with Gasteiger partial charge in [0.2, 0.25) is 17.7 Å². The second-order valence-electron chi connectivity index (χ2n) is 10.0. The third kappa shape index (κ3) is 7.23. The molecule has 2 aromatic heterocycles. The number of methoxy groups -OCH3 is 1. The number of anilines is 2. The van der Waals surface area contributed by atoms with Crippen LogP contribution in [0.25, 0.3) is 17.0 Å². The number of benzene rings is 1. The van der Waals surface area contributed by atoms with Gasteiger partial charge < -0.3 is 20.1 Å². The normalized spacial score (nSPS) is 15.7. The smallest absolute Gasteiger partial charge is 0.330 e. The molecule has 13 heteroatoms. The molecule has 224 valence electrons. The summed E-state index contributed by atoms with van der Waals surface area (Å²) in [5.41, 5.74) is 2.10. The standard InChI is InChI=1S/C30H30BrN5O6S/c1-3-42-26(39)9-5-17-4-7-21(27-19(17)6-8-25(34-27)41-2)32-30(40)18-10-12-36(13-11-18)15-22(37)28-20(31)14-23-29(35-28)33-24(38)16-43-23/h4-9,14,18H,3,10-13,15-16H2,1-2H3,(H,32,40)(H,33,35,38)/b9-5+. The first kappa shape index (κ1) is 30.6. The quantitative estimate of drug-likeness (QED) is 0.190. The minimum Gasteiger partial charge on any atom is -0.481 e. The largest absolute Gasteiger partial charge is 0.481 e. The zero-order valence-corrected chi connectivity index (χ0v) is 26.0. The average Bonchev–Trinajstić information content (AvgIpc) is 3.00. The van der Waals surface area contributed by atoms with Crippen LogP contribution >= 0.6 is 27.7 Å². The summed E-state index contributed by atoms with van der Waals surface area (Å²) in [7, 11) is 1.52. The van der Waals surface area contributed by atoms with Gasteiger partial charge in [-0.3, -0.25) is 19.3 Å². The van der Waals surface area contributed by atoms with Crippen LogP contribution in [0.2, 0.25) is 0 Å². The number of hydrogen-bond acceptors (Lipinski definition) is 10. The Morgan fingerprint density at radius 1 is 1.19 bits per heavy atom.